The highest BCUT2D eigenvalue weighted by Crippen LogP contribution is 2.36. The van der Waals surface area contributed by atoms with Crippen LogP contribution in [0.25, 0.3) is 0 Å². The van der Waals surface area contributed by atoms with Gasteiger partial charge >= 0.3 is 0 Å². The summed E-state index contributed by atoms with van der Waals surface area (Å²) < 4.78 is 6.05. The Hall–Kier alpha value is -1.03. The van der Waals surface area contributed by atoms with Crippen LogP contribution in [0.2, 0.25) is 5.28 Å². The molecule has 1 saturated carbocycles. The Morgan fingerprint density at radius 1 is 1.42 bits per heavy atom. The van der Waals surface area contributed by atoms with Gasteiger partial charge in [-0.1, -0.05) is 27.2 Å². The Bertz CT molecular complexity index is 439. The van der Waals surface area contributed by atoms with Gasteiger partial charge in [0.2, 0.25) is 11.2 Å². The summed E-state index contributed by atoms with van der Waals surface area (Å²) in [6.07, 6.45) is 5.17. The zero-order chi connectivity index (χ0) is 14.0. The van der Waals surface area contributed by atoms with Gasteiger partial charge in [-0.25, -0.2) is 4.98 Å². The first-order valence-electron chi connectivity index (χ1n) is 6.92. The summed E-state index contributed by atoms with van der Waals surface area (Å²) in [4.78, 5) is 7.94. The van der Waals surface area contributed by atoms with Gasteiger partial charge in [-0.3, -0.25) is 0 Å². The van der Waals surface area contributed by atoms with E-state index in [1.54, 1.807) is 0 Å². The maximum atomic E-state index is 6.05. The fourth-order valence-electron chi connectivity index (χ4n) is 2.84. The Balaban J connectivity index is 2.16. The zero-order valence-corrected chi connectivity index (χ0v) is 12.5. The first kappa shape index (κ1) is 14.4. The summed E-state index contributed by atoms with van der Waals surface area (Å²) in [5.74, 6) is 2.24. The van der Waals surface area contributed by atoms with Gasteiger partial charge in [0.15, 0.2) is 0 Å². The molecule has 3 unspecified atom stereocenters. The van der Waals surface area contributed by atoms with Crippen LogP contribution in [-0.4, -0.2) is 16.1 Å². The molecule has 2 rings (SSSR count). The summed E-state index contributed by atoms with van der Waals surface area (Å²) in [7, 11) is 0. The molecule has 1 aliphatic rings. The van der Waals surface area contributed by atoms with Crippen LogP contribution in [0.5, 0.6) is 5.88 Å². The maximum absolute atomic E-state index is 6.05. The molecule has 0 spiro atoms. The highest BCUT2D eigenvalue weighted by atomic mass is 35.5. The molecule has 1 fully saturated rings. The van der Waals surface area contributed by atoms with Gasteiger partial charge in [0.25, 0.3) is 0 Å². The van der Waals surface area contributed by atoms with E-state index in [-0.39, 0.29) is 11.4 Å². The Labute approximate surface area is 119 Å². The van der Waals surface area contributed by atoms with Crippen molar-refractivity contribution in [1.82, 2.24) is 9.97 Å². The van der Waals surface area contributed by atoms with E-state index in [1.807, 2.05) is 0 Å². The monoisotopic (exact) mass is 283 g/mol. The third-order valence-electron chi connectivity index (χ3n) is 3.98. The molecule has 1 heterocycles. The second kappa shape index (κ2) is 5.95. The van der Waals surface area contributed by atoms with Crippen LogP contribution in [0.4, 0.5) is 5.69 Å². The molecule has 5 heteroatoms. The number of anilines is 1. The molecule has 0 aliphatic heterocycles. The Morgan fingerprint density at radius 3 is 2.84 bits per heavy atom. The number of hydrogen-bond donors (Lipinski definition) is 1. The van der Waals surface area contributed by atoms with Gasteiger partial charge in [0.1, 0.15) is 11.8 Å². The average Bonchev–Trinajstić information content (AvgIpc) is 2.33. The summed E-state index contributed by atoms with van der Waals surface area (Å²) in [5, 5.41) is 0.175. The molecule has 4 nitrogen and oxygen atoms in total. The summed E-state index contributed by atoms with van der Waals surface area (Å²) in [5.41, 5.74) is 6.30. The second-order valence-electron chi connectivity index (χ2n) is 5.88. The lowest BCUT2D eigenvalue weighted by Gasteiger charge is -2.37. The van der Waals surface area contributed by atoms with Crippen LogP contribution in [-0.2, 0) is 0 Å². The smallest absolute Gasteiger partial charge is 0.241 e. The molecule has 0 amide bonds. The van der Waals surface area contributed by atoms with E-state index in [1.165, 1.54) is 19.0 Å². The minimum Gasteiger partial charge on any atom is -0.472 e. The van der Waals surface area contributed by atoms with Gasteiger partial charge in [0.05, 0.1) is 6.20 Å². The lowest BCUT2D eigenvalue weighted by Crippen LogP contribution is -2.36. The lowest BCUT2D eigenvalue weighted by molar-refractivity contribution is 0.0432. The SMILES string of the molecule is CC1CCC(C(C)C)C(Oc2nc(Cl)ncc2N)C1. The van der Waals surface area contributed by atoms with Crippen molar-refractivity contribution in [3.8, 4) is 5.88 Å². The number of nitrogen functional groups attached to an aromatic ring is 1. The molecule has 1 aromatic heterocycles. The van der Waals surface area contributed by atoms with Crippen molar-refractivity contribution in [1.29, 1.82) is 0 Å². The van der Waals surface area contributed by atoms with Crippen molar-refractivity contribution >= 4 is 17.3 Å². The van der Waals surface area contributed by atoms with Crippen molar-refractivity contribution < 1.29 is 4.74 Å². The summed E-state index contributed by atoms with van der Waals surface area (Å²) in [6.45, 7) is 6.75. The van der Waals surface area contributed by atoms with E-state index in [0.717, 1.165) is 6.42 Å². The summed E-state index contributed by atoms with van der Waals surface area (Å²) >= 11 is 5.80. The highest BCUT2D eigenvalue weighted by molar-refractivity contribution is 6.28. The molecule has 0 bridgehead atoms. The Kier molecular flexibility index (Phi) is 4.50. The minimum atomic E-state index is 0.164. The number of nitrogens with zero attached hydrogens (tertiary/aromatic N) is 2. The Morgan fingerprint density at radius 2 is 2.16 bits per heavy atom. The number of halogens is 1. The summed E-state index contributed by atoms with van der Waals surface area (Å²) in [6, 6.07) is 0. The van der Waals surface area contributed by atoms with E-state index in [0.29, 0.717) is 29.3 Å². The predicted octanol–water partition coefficient (Wildman–Crippen LogP) is 3.55. The minimum absolute atomic E-state index is 0.164. The number of ether oxygens (including phenoxy) is 1. The van der Waals surface area contributed by atoms with Crippen molar-refractivity contribution in [2.45, 2.75) is 46.1 Å². The first-order valence-corrected chi connectivity index (χ1v) is 7.29. The van der Waals surface area contributed by atoms with Crippen LogP contribution in [0.15, 0.2) is 6.20 Å². The normalized spacial score (nSPS) is 27.5. The van der Waals surface area contributed by atoms with Gasteiger partial charge in [-0.15, -0.1) is 0 Å². The third kappa shape index (κ3) is 3.50. The maximum Gasteiger partial charge on any atom is 0.241 e. The van der Waals surface area contributed by atoms with Crippen LogP contribution in [0, 0.1) is 17.8 Å². The lowest BCUT2D eigenvalue weighted by atomic mass is 9.75. The van der Waals surface area contributed by atoms with Gasteiger partial charge in [0, 0.05) is 0 Å². The zero-order valence-electron chi connectivity index (χ0n) is 11.8. The van der Waals surface area contributed by atoms with Gasteiger partial charge in [-0.2, -0.15) is 4.98 Å². The van der Waals surface area contributed by atoms with E-state index >= 15 is 0 Å². The standard InChI is InChI=1S/C14H22ClN3O/c1-8(2)10-5-4-9(3)6-12(10)19-13-11(16)7-17-14(15)18-13/h7-10,12H,4-6,16H2,1-3H3. The third-order valence-corrected chi connectivity index (χ3v) is 4.16. The van der Waals surface area contributed by atoms with Crippen LogP contribution < -0.4 is 10.5 Å². The molecule has 19 heavy (non-hydrogen) atoms. The number of nitrogens with two attached hydrogens (primary N) is 1. The molecular weight excluding hydrogens is 262 g/mol. The van der Waals surface area contributed by atoms with E-state index in [2.05, 4.69) is 30.7 Å². The van der Waals surface area contributed by atoms with E-state index < -0.39 is 0 Å². The first-order chi connectivity index (χ1) is 8.97. The second-order valence-corrected chi connectivity index (χ2v) is 6.22. The number of rotatable bonds is 3. The molecule has 3 atom stereocenters. The molecule has 0 saturated heterocycles. The largest absolute Gasteiger partial charge is 0.472 e. The topological polar surface area (TPSA) is 61.0 Å². The molecule has 1 aliphatic carbocycles. The van der Waals surface area contributed by atoms with Crippen molar-refractivity contribution in [3.63, 3.8) is 0 Å². The molecule has 106 valence electrons. The fourth-order valence-corrected chi connectivity index (χ4v) is 2.97. The van der Waals surface area contributed by atoms with Crippen LogP contribution in [0.3, 0.4) is 0 Å². The average molecular weight is 284 g/mol. The molecule has 1 aromatic rings. The van der Waals surface area contributed by atoms with Crippen LogP contribution >= 0.6 is 11.6 Å². The number of aromatic nitrogens is 2. The quantitative estimate of drug-likeness (QED) is 0.862. The van der Waals surface area contributed by atoms with Gasteiger partial charge in [-0.05, 0) is 42.2 Å². The highest BCUT2D eigenvalue weighted by Gasteiger charge is 2.32. The van der Waals surface area contributed by atoms with E-state index in [4.69, 9.17) is 22.1 Å². The van der Waals surface area contributed by atoms with Gasteiger partial charge < -0.3 is 10.5 Å². The van der Waals surface area contributed by atoms with Crippen molar-refractivity contribution in [2.24, 2.45) is 17.8 Å². The predicted molar refractivity (Wildman–Crippen MR) is 77.2 cm³/mol. The van der Waals surface area contributed by atoms with Crippen molar-refractivity contribution in [2.75, 3.05) is 5.73 Å². The molecule has 0 radical (unpaired) electrons. The van der Waals surface area contributed by atoms with Crippen LogP contribution in [0.1, 0.15) is 40.0 Å². The number of hydrogen-bond acceptors (Lipinski definition) is 4. The van der Waals surface area contributed by atoms with Crippen molar-refractivity contribution in [3.05, 3.63) is 11.5 Å². The fraction of sp³-hybridized carbons (Fsp3) is 0.714. The van der Waals surface area contributed by atoms with E-state index in [9.17, 15) is 0 Å². The molecular formula is C14H22ClN3O. The molecule has 2 N–H and O–H groups in total. The molecule has 0 aromatic carbocycles.